The number of carbonyl (C=O) groups excluding carboxylic acids is 2. The number of rotatable bonds is 3. The molecule has 0 aliphatic carbocycles. The number of esters is 1. The van der Waals surface area contributed by atoms with Gasteiger partial charge in [0.2, 0.25) is 0 Å². The van der Waals surface area contributed by atoms with E-state index in [9.17, 15) is 9.59 Å². The van der Waals surface area contributed by atoms with Gasteiger partial charge in [-0.3, -0.25) is 4.79 Å². The Morgan fingerprint density at radius 2 is 1.36 bits per heavy atom. The summed E-state index contributed by atoms with van der Waals surface area (Å²) in [5, 5.41) is 0. The zero-order valence-corrected chi connectivity index (χ0v) is 16.4. The van der Waals surface area contributed by atoms with Crippen LogP contribution in [-0.4, -0.2) is 48.7 Å². The monoisotopic (exact) mass is 347 g/mol. The molecular weight excluding hydrogens is 318 g/mol. The van der Waals surface area contributed by atoms with Crippen molar-refractivity contribution < 1.29 is 19.1 Å². The molecule has 1 aliphatic heterocycles. The molecule has 0 bridgehead atoms. The summed E-state index contributed by atoms with van der Waals surface area (Å²) < 4.78 is 11.0. The minimum absolute atomic E-state index is 0.00436. The molecule has 0 N–H and O–H groups in total. The Kier molecular flexibility index (Phi) is 5.88. The highest BCUT2D eigenvalue weighted by molar-refractivity contribution is 5.95. The van der Waals surface area contributed by atoms with Gasteiger partial charge in [0.05, 0.1) is 17.8 Å². The van der Waals surface area contributed by atoms with Crippen LogP contribution in [0.2, 0.25) is 0 Å². The van der Waals surface area contributed by atoms with E-state index < -0.39 is 5.97 Å². The van der Waals surface area contributed by atoms with E-state index in [0.717, 1.165) is 22.3 Å². The number of ether oxygens (including phenoxy) is 2. The van der Waals surface area contributed by atoms with Gasteiger partial charge in [0.25, 0.3) is 5.91 Å². The van der Waals surface area contributed by atoms with Gasteiger partial charge in [-0.15, -0.1) is 0 Å². The molecule has 2 rings (SSSR count). The first-order valence-corrected chi connectivity index (χ1v) is 8.80. The third kappa shape index (κ3) is 4.03. The highest BCUT2D eigenvalue weighted by Gasteiger charge is 2.27. The van der Waals surface area contributed by atoms with Crippen LogP contribution in [0.15, 0.2) is 0 Å². The summed E-state index contributed by atoms with van der Waals surface area (Å²) in [7, 11) is 0. The molecule has 1 aromatic carbocycles. The largest absolute Gasteiger partial charge is 0.452 e. The molecule has 138 valence electrons. The lowest BCUT2D eigenvalue weighted by Gasteiger charge is -2.35. The number of carbonyl (C=O) groups is 2. The zero-order valence-electron chi connectivity index (χ0n) is 16.4. The fraction of sp³-hybridized carbons (Fsp3) is 0.600. The first-order valence-electron chi connectivity index (χ1n) is 8.80. The van der Waals surface area contributed by atoms with E-state index in [0.29, 0.717) is 18.7 Å². The second-order valence-corrected chi connectivity index (χ2v) is 7.13. The quantitative estimate of drug-likeness (QED) is 0.789. The molecule has 0 aromatic heterocycles. The zero-order chi connectivity index (χ0) is 18.9. The predicted molar refractivity (Wildman–Crippen MR) is 97.0 cm³/mol. The van der Waals surface area contributed by atoms with E-state index in [1.54, 1.807) is 4.90 Å². The molecule has 1 heterocycles. The van der Waals surface area contributed by atoms with Crippen LogP contribution < -0.4 is 0 Å². The summed E-state index contributed by atoms with van der Waals surface area (Å²) in [6, 6.07) is 0. The van der Waals surface area contributed by atoms with E-state index in [1.165, 1.54) is 5.56 Å². The van der Waals surface area contributed by atoms with Crippen LogP contribution in [0.5, 0.6) is 0 Å². The fourth-order valence-electron chi connectivity index (χ4n) is 3.48. The highest BCUT2D eigenvalue weighted by Crippen LogP contribution is 2.26. The van der Waals surface area contributed by atoms with Crippen LogP contribution in [0.1, 0.15) is 52.0 Å². The van der Waals surface area contributed by atoms with Gasteiger partial charge in [0, 0.05) is 13.1 Å². The smallest absolute Gasteiger partial charge is 0.339 e. The van der Waals surface area contributed by atoms with Crippen molar-refractivity contribution in [2.24, 2.45) is 0 Å². The molecule has 0 unspecified atom stereocenters. The Bertz CT molecular complexity index is 656. The summed E-state index contributed by atoms with van der Waals surface area (Å²) in [5.74, 6) is -0.602. The summed E-state index contributed by atoms with van der Waals surface area (Å²) in [4.78, 5) is 26.7. The Balaban J connectivity index is 2.10. The van der Waals surface area contributed by atoms with Gasteiger partial charge in [-0.1, -0.05) is 0 Å². The maximum atomic E-state index is 12.6. The minimum Gasteiger partial charge on any atom is -0.452 e. The van der Waals surface area contributed by atoms with E-state index in [4.69, 9.17) is 9.47 Å². The first kappa shape index (κ1) is 19.4. The molecule has 5 nitrogen and oxygen atoms in total. The molecule has 1 amide bonds. The number of benzene rings is 1. The van der Waals surface area contributed by atoms with Gasteiger partial charge in [-0.05, 0) is 76.3 Å². The average Bonchev–Trinajstić information content (AvgIpc) is 2.55. The average molecular weight is 347 g/mol. The first-order chi connectivity index (χ1) is 11.6. The number of hydrogen-bond acceptors (Lipinski definition) is 4. The Morgan fingerprint density at radius 3 is 1.84 bits per heavy atom. The lowest BCUT2D eigenvalue weighted by atomic mass is 9.90. The van der Waals surface area contributed by atoms with Gasteiger partial charge in [0.15, 0.2) is 6.61 Å². The van der Waals surface area contributed by atoms with Crippen molar-refractivity contribution in [1.82, 2.24) is 4.90 Å². The van der Waals surface area contributed by atoms with Crippen LogP contribution in [0.4, 0.5) is 0 Å². The van der Waals surface area contributed by atoms with E-state index in [-0.39, 0.29) is 24.7 Å². The van der Waals surface area contributed by atoms with Crippen LogP contribution >= 0.6 is 0 Å². The lowest BCUT2D eigenvalue weighted by molar-refractivity contribution is -0.146. The number of nitrogens with zero attached hydrogens (tertiary/aromatic N) is 1. The van der Waals surface area contributed by atoms with Crippen molar-refractivity contribution in [3.05, 3.63) is 33.4 Å². The summed E-state index contributed by atoms with van der Waals surface area (Å²) in [6.07, 6.45) is -0.00873. The molecule has 1 aromatic rings. The molecule has 1 fully saturated rings. The Labute approximate surface area is 150 Å². The molecule has 0 spiro atoms. The second kappa shape index (κ2) is 7.56. The maximum absolute atomic E-state index is 12.6. The maximum Gasteiger partial charge on any atom is 0.339 e. The fourth-order valence-corrected chi connectivity index (χ4v) is 3.48. The van der Waals surface area contributed by atoms with Gasteiger partial charge < -0.3 is 14.4 Å². The van der Waals surface area contributed by atoms with Gasteiger partial charge >= 0.3 is 5.97 Å². The lowest BCUT2D eigenvalue weighted by Crippen LogP contribution is -2.49. The molecule has 0 saturated carbocycles. The SMILES string of the molecule is Cc1c(C)c(C)c(C(=O)OCC(=O)N2C[C@@H](C)O[C@@H](C)C2)c(C)c1C. The Hall–Kier alpha value is -1.88. The Morgan fingerprint density at radius 1 is 0.920 bits per heavy atom. The van der Waals surface area contributed by atoms with E-state index in [1.807, 2.05) is 41.5 Å². The van der Waals surface area contributed by atoms with Crippen molar-refractivity contribution in [1.29, 1.82) is 0 Å². The summed E-state index contributed by atoms with van der Waals surface area (Å²) in [6.45, 7) is 14.6. The number of morpholine rings is 1. The molecule has 0 radical (unpaired) electrons. The van der Waals surface area contributed by atoms with Gasteiger partial charge in [-0.2, -0.15) is 0 Å². The standard InChI is InChI=1S/C20H29NO4/c1-11-8-21(9-12(2)25-11)18(22)10-24-20(23)19-16(6)14(4)13(3)15(5)17(19)7/h11-12H,8-10H2,1-7H3/t11-,12+. The highest BCUT2D eigenvalue weighted by atomic mass is 16.5. The van der Waals surface area contributed by atoms with Crippen LogP contribution in [0.25, 0.3) is 0 Å². The summed E-state index contributed by atoms with van der Waals surface area (Å²) >= 11 is 0. The molecule has 1 saturated heterocycles. The second-order valence-electron chi connectivity index (χ2n) is 7.13. The molecule has 25 heavy (non-hydrogen) atoms. The number of hydrogen-bond donors (Lipinski definition) is 0. The normalized spacial score (nSPS) is 20.5. The molecule has 2 atom stereocenters. The van der Waals surface area contributed by atoms with Crippen LogP contribution in [-0.2, 0) is 14.3 Å². The van der Waals surface area contributed by atoms with Crippen molar-refractivity contribution in [3.63, 3.8) is 0 Å². The number of amides is 1. The minimum atomic E-state index is -0.427. The van der Waals surface area contributed by atoms with Gasteiger partial charge in [0.1, 0.15) is 0 Å². The van der Waals surface area contributed by atoms with Gasteiger partial charge in [-0.25, -0.2) is 4.79 Å². The predicted octanol–water partition coefficient (Wildman–Crippen LogP) is 3.02. The third-order valence-corrected chi connectivity index (χ3v) is 5.30. The van der Waals surface area contributed by atoms with Crippen molar-refractivity contribution in [2.45, 2.75) is 60.7 Å². The van der Waals surface area contributed by atoms with Crippen molar-refractivity contribution in [2.75, 3.05) is 19.7 Å². The van der Waals surface area contributed by atoms with Crippen molar-refractivity contribution >= 4 is 11.9 Å². The van der Waals surface area contributed by atoms with Crippen LogP contribution in [0.3, 0.4) is 0 Å². The summed E-state index contributed by atoms with van der Waals surface area (Å²) in [5.41, 5.74) is 5.81. The van der Waals surface area contributed by atoms with Crippen LogP contribution in [0, 0.1) is 34.6 Å². The topological polar surface area (TPSA) is 55.8 Å². The third-order valence-electron chi connectivity index (χ3n) is 5.30. The van der Waals surface area contributed by atoms with E-state index in [2.05, 4.69) is 6.92 Å². The molecule has 1 aliphatic rings. The van der Waals surface area contributed by atoms with Crippen molar-refractivity contribution in [3.8, 4) is 0 Å². The molecular formula is C20H29NO4. The molecule has 5 heteroatoms. The van der Waals surface area contributed by atoms with E-state index >= 15 is 0 Å².